The van der Waals surface area contributed by atoms with E-state index in [2.05, 4.69) is 34.6 Å². The summed E-state index contributed by atoms with van der Waals surface area (Å²) in [6, 6.07) is 8.58. The zero-order chi connectivity index (χ0) is 38.1. The van der Waals surface area contributed by atoms with E-state index >= 15 is 0 Å². The Balaban J connectivity index is 1.22. The summed E-state index contributed by atoms with van der Waals surface area (Å²) < 4.78 is 25.9. The average Bonchev–Trinajstić information content (AvgIpc) is 3.90. The molecule has 53 heavy (non-hydrogen) atoms. The zero-order valence-corrected chi connectivity index (χ0v) is 33.7. The Kier molecular flexibility index (Phi) is 10.9. The van der Waals surface area contributed by atoms with Gasteiger partial charge in [-0.25, -0.2) is 24.5 Å². The van der Waals surface area contributed by atoms with Crippen LogP contribution < -0.4 is 0 Å². The molecule has 0 bridgehead atoms. The third kappa shape index (κ3) is 9.57. The molecule has 6 rings (SSSR count). The first-order valence-electron chi connectivity index (χ1n) is 18.7. The standard InChI is InChI=1S/C39H55N7O6Si/c1-38(2,3)51-36(47)45-17-11-15-30(45)33-40-22-28(42-33)26-13-10-14-27(21-26)32-23-41-35(50-32)29-24-44(25-49-19-20-53(7,8)9)34(43-29)31-16-12-18-46(31)37(48)52-39(4,5)6/h10,13-14,21-24,30-31H,11-12,15-20,25H2,1-9H3,(H,40,42)/t30-,31-/m0/s1. The van der Waals surface area contributed by atoms with E-state index in [-0.39, 0.29) is 24.3 Å². The van der Waals surface area contributed by atoms with Gasteiger partial charge < -0.3 is 28.2 Å². The molecule has 0 spiro atoms. The summed E-state index contributed by atoms with van der Waals surface area (Å²) in [4.78, 5) is 47.4. The lowest BCUT2D eigenvalue weighted by Crippen LogP contribution is -2.37. The van der Waals surface area contributed by atoms with E-state index in [0.29, 0.717) is 43.8 Å². The number of rotatable bonds is 10. The van der Waals surface area contributed by atoms with Crippen LogP contribution in [0, 0.1) is 0 Å². The van der Waals surface area contributed by atoms with Crippen LogP contribution in [0.15, 0.2) is 47.3 Å². The number of hydrogen-bond acceptors (Lipinski definition) is 9. The number of aromatic nitrogens is 5. The van der Waals surface area contributed by atoms with Gasteiger partial charge in [0.1, 0.15) is 35.3 Å². The highest BCUT2D eigenvalue weighted by Gasteiger charge is 2.37. The number of imidazole rings is 2. The molecule has 0 saturated carbocycles. The van der Waals surface area contributed by atoms with Crippen molar-refractivity contribution in [2.24, 2.45) is 0 Å². The fraction of sp³-hybridized carbons (Fsp3) is 0.564. The van der Waals surface area contributed by atoms with Crippen LogP contribution in [-0.4, -0.2) is 85.5 Å². The lowest BCUT2D eigenvalue weighted by Gasteiger charge is -2.28. The van der Waals surface area contributed by atoms with Crippen LogP contribution in [-0.2, 0) is 20.9 Å². The van der Waals surface area contributed by atoms with Crippen molar-refractivity contribution in [2.45, 2.75) is 123 Å². The molecule has 3 aromatic heterocycles. The number of ether oxygens (including phenoxy) is 3. The van der Waals surface area contributed by atoms with E-state index in [4.69, 9.17) is 23.6 Å². The first kappa shape index (κ1) is 38.3. The van der Waals surface area contributed by atoms with Crippen LogP contribution in [0.25, 0.3) is 34.2 Å². The normalized spacial score (nSPS) is 18.2. The minimum atomic E-state index is -1.27. The fourth-order valence-electron chi connectivity index (χ4n) is 6.63. The molecule has 2 amide bonds. The Hall–Kier alpha value is -4.43. The van der Waals surface area contributed by atoms with Crippen molar-refractivity contribution >= 4 is 20.3 Å². The molecule has 0 unspecified atom stereocenters. The number of carbonyl (C=O) groups is 2. The Morgan fingerprint density at radius 2 is 1.55 bits per heavy atom. The van der Waals surface area contributed by atoms with E-state index in [1.165, 1.54) is 0 Å². The SMILES string of the molecule is CC(C)(C)OC(=O)N1CCC[C@H]1c1ncc(-c2cccc(-c3cnc(-c4cn(COCC[Si](C)(C)C)c([C@@H]5CCCN5C(=O)OC(C)(C)C)n4)o3)c2)[nH]1. The minimum absolute atomic E-state index is 0.172. The van der Waals surface area contributed by atoms with Gasteiger partial charge in [0.2, 0.25) is 5.89 Å². The van der Waals surface area contributed by atoms with Crippen LogP contribution in [0.2, 0.25) is 25.7 Å². The van der Waals surface area contributed by atoms with E-state index in [1.807, 2.05) is 76.6 Å². The second kappa shape index (κ2) is 15.1. The summed E-state index contributed by atoms with van der Waals surface area (Å²) in [6.45, 7) is 20.4. The molecule has 5 heterocycles. The van der Waals surface area contributed by atoms with Gasteiger partial charge in [-0.1, -0.05) is 37.8 Å². The number of nitrogens with zero attached hydrogens (tertiary/aromatic N) is 6. The Morgan fingerprint density at radius 1 is 0.906 bits per heavy atom. The number of nitrogens with one attached hydrogen (secondary N) is 1. The highest BCUT2D eigenvalue weighted by molar-refractivity contribution is 6.76. The van der Waals surface area contributed by atoms with Gasteiger partial charge in [0.05, 0.1) is 30.2 Å². The molecule has 2 aliphatic heterocycles. The maximum absolute atomic E-state index is 13.2. The number of amides is 2. The summed E-state index contributed by atoms with van der Waals surface area (Å²) in [7, 11) is -1.27. The Bertz CT molecular complexity index is 1900. The number of aromatic amines is 1. The second-order valence-electron chi connectivity index (χ2n) is 17.3. The molecule has 4 aromatic rings. The fourth-order valence-corrected chi connectivity index (χ4v) is 7.38. The smallest absolute Gasteiger partial charge is 0.410 e. The van der Waals surface area contributed by atoms with Crippen LogP contribution >= 0.6 is 0 Å². The molecule has 286 valence electrons. The quantitative estimate of drug-likeness (QED) is 0.124. The molecule has 0 aliphatic carbocycles. The van der Waals surface area contributed by atoms with Crippen molar-refractivity contribution in [3.8, 4) is 34.2 Å². The summed E-state index contributed by atoms with van der Waals surface area (Å²) in [5.74, 6) is 2.42. The topological polar surface area (TPSA) is 141 Å². The number of hydrogen-bond donors (Lipinski definition) is 1. The maximum atomic E-state index is 13.2. The van der Waals surface area contributed by atoms with Crippen LogP contribution in [0.4, 0.5) is 9.59 Å². The minimum Gasteiger partial charge on any atom is -0.444 e. The molecule has 2 atom stereocenters. The zero-order valence-electron chi connectivity index (χ0n) is 32.7. The second-order valence-corrected chi connectivity index (χ2v) is 22.9. The van der Waals surface area contributed by atoms with Crippen molar-refractivity contribution in [1.29, 1.82) is 0 Å². The molecule has 0 radical (unpaired) electrons. The molecular weight excluding hydrogens is 691 g/mol. The number of H-pyrrole nitrogens is 1. The highest BCUT2D eigenvalue weighted by Crippen LogP contribution is 2.36. The third-order valence-corrected chi connectivity index (χ3v) is 10.9. The highest BCUT2D eigenvalue weighted by atomic mass is 28.3. The summed E-state index contributed by atoms with van der Waals surface area (Å²) in [6.07, 6.45) is 8.05. The molecule has 2 aliphatic rings. The van der Waals surface area contributed by atoms with Crippen LogP contribution in [0.5, 0.6) is 0 Å². The molecular formula is C39H55N7O6Si. The van der Waals surface area contributed by atoms with Gasteiger partial charge in [-0.3, -0.25) is 9.80 Å². The molecule has 1 N–H and O–H groups in total. The number of benzene rings is 1. The lowest BCUT2D eigenvalue weighted by molar-refractivity contribution is 0.0199. The van der Waals surface area contributed by atoms with E-state index in [0.717, 1.165) is 60.2 Å². The van der Waals surface area contributed by atoms with Crippen molar-refractivity contribution in [1.82, 2.24) is 34.3 Å². The first-order chi connectivity index (χ1) is 24.9. The third-order valence-electron chi connectivity index (χ3n) is 9.19. The number of oxazole rings is 1. The maximum Gasteiger partial charge on any atom is 0.410 e. The van der Waals surface area contributed by atoms with Gasteiger partial charge in [-0.2, -0.15) is 0 Å². The molecule has 2 fully saturated rings. The number of carbonyl (C=O) groups excluding carboxylic acids is 2. The van der Waals surface area contributed by atoms with E-state index < -0.39 is 19.3 Å². The van der Waals surface area contributed by atoms with Gasteiger partial charge in [-0.05, 0) is 79.3 Å². The number of likely N-dealkylation sites (tertiary alicyclic amines) is 2. The van der Waals surface area contributed by atoms with E-state index in [1.54, 1.807) is 22.2 Å². The van der Waals surface area contributed by atoms with Crippen molar-refractivity contribution in [3.05, 3.63) is 54.5 Å². The van der Waals surface area contributed by atoms with Crippen molar-refractivity contribution < 1.29 is 28.2 Å². The van der Waals surface area contributed by atoms with Crippen LogP contribution in [0.3, 0.4) is 0 Å². The average molecular weight is 746 g/mol. The predicted octanol–water partition coefficient (Wildman–Crippen LogP) is 9.05. The first-order valence-corrected chi connectivity index (χ1v) is 22.4. The molecule has 1 aromatic carbocycles. The summed E-state index contributed by atoms with van der Waals surface area (Å²) >= 11 is 0. The summed E-state index contributed by atoms with van der Waals surface area (Å²) in [5.41, 5.74) is 2.00. The Labute approximate surface area is 313 Å². The van der Waals surface area contributed by atoms with Crippen molar-refractivity contribution in [3.63, 3.8) is 0 Å². The van der Waals surface area contributed by atoms with Gasteiger partial charge in [0, 0.05) is 45.1 Å². The lowest BCUT2D eigenvalue weighted by atomic mass is 10.1. The van der Waals surface area contributed by atoms with Crippen LogP contribution in [0.1, 0.15) is 91.0 Å². The van der Waals surface area contributed by atoms with Gasteiger partial charge in [0.15, 0.2) is 5.76 Å². The largest absolute Gasteiger partial charge is 0.444 e. The predicted molar refractivity (Wildman–Crippen MR) is 205 cm³/mol. The molecule has 13 nitrogen and oxygen atoms in total. The van der Waals surface area contributed by atoms with Gasteiger partial charge in [-0.15, -0.1) is 0 Å². The Morgan fingerprint density at radius 3 is 2.21 bits per heavy atom. The molecule has 14 heteroatoms. The molecule has 2 saturated heterocycles. The summed E-state index contributed by atoms with van der Waals surface area (Å²) in [5, 5.41) is 0. The monoisotopic (exact) mass is 745 g/mol. The van der Waals surface area contributed by atoms with E-state index in [9.17, 15) is 9.59 Å². The van der Waals surface area contributed by atoms with Crippen molar-refractivity contribution in [2.75, 3.05) is 19.7 Å². The van der Waals surface area contributed by atoms with Gasteiger partial charge in [0.25, 0.3) is 0 Å². The van der Waals surface area contributed by atoms with Gasteiger partial charge >= 0.3 is 12.2 Å².